The molecule has 73 heavy (non-hydrogen) atoms. The number of esters is 1. The summed E-state index contributed by atoms with van der Waals surface area (Å²) >= 11 is 0. The lowest BCUT2D eigenvalue weighted by molar-refractivity contribution is -0.143. The van der Waals surface area contributed by atoms with Gasteiger partial charge in [-0.15, -0.1) is 0 Å². The van der Waals surface area contributed by atoms with Crippen LogP contribution in [0.2, 0.25) is 0 Å². The molecule has 0 aliphatic carbocycles. The number of aliphatic hydroxyl groups is 2. The molecule has 0 aliphatic heterocycles. The van der Waals surface area contributed by atoms with Crippen LogP contribution in [0, 0.1) is 0 Å². The normalized spacial score (nSPS) is 12.8. The van der Waals surface area contributed by atoms with Crippen molar-refractivity contribution in [2.75, 3.05) is 13.2 Å². The van der Waals surface area contributed by atoms with Gasteiger partial charge in [0, 0.05) is 12.8 Å². The Labute approximate surface area is 455 Å². The maximum atomic E-state index is 12.5. The van der Waals surface area contributed by atoms with E-state index in [0.29, 0.717) is 25.9 Å². The molecule has 0 aromatic rings. The summed E-state index contributed by atoms with van der Waals surface area (Å²) in [6.45, 7) is 4.94. The quantitative estimate of drug-likeness (QED) is 0.0320. The Morgan fingerprint density at radius 2 is 0.685 bits per heavy atom. The van der Waals surface area contributed by atoms with E-state index in [1.807, 2.05) is 0 Å². The van der Waals surface area contributed by atoms with E-state index < -0.39 is 12.1 Å². The number of ether oxygens (including phenoxy) is 1. The van der Waals surface area contributed by atoms with Crippen LogP contribution < -0.4 is 5.32 Å². The van der Waals surface area contributed by atoms with E-state index >= 15 is 0 Å². The van der Waals surface area contributed by atoms with E-state index in [9.17, 15) is 19.8 Å². The fourth-order valence-corrected chi connectivity index (χ4v) is 10.1. The van der Waals surface area contributed by atoms with Gasteiger partial charge in [-0.1, -0.05) is 294 Å². The maximum Gasteiger partial charge on any atom is 0.305 e. The van der Waals surface area contributed by atoms with Gasteiger partial charge in [-0.05, 0) is 83.5 Å². The largest absolute Gasteiger partial charge is 0.466 e. The molecule has 0 aliphatic rings. The fourth-order valence-electron chi connectivity index (χ4n) is 10.1. The summed E-state index contributed by atoms with van der Waals surface area (Å²) in [4.78, 5) is 24.6. The molecule has 0 saturated heterocycles. The van der Waals surface area contributed by atoms with Gasteiger partial charge in [0.25, 0.3) is 0 Å². The van der Waals surface area contributed by atoms with Crippen molar-refractivity contribution in [1.82, 2.24) is 5.32 Å². The lowest BCUT2D eigenvalue weighted by Gasteiger charge is -2.22. The van der Waals surface area contributed by atoms with Crippen LogP contribution in [0.3, 0.4) is 0 Å². The number of aliphatic hydroxyl groups excluding tert-OH is 2. The molecule has 0 aromatic carbocycles. The van der Waals surface area contributed by atoms with E-state index in [-0.39, 0.29) is 18.5 Å². The average molecular weight is 1030 g/mol. The molecule has 2 unspecified atom stereocenters. The summed E-state index contributed by atoms with van der Waals surface area (Å²) < 4.78 is 5.50. The molecule has 0 heterocycles. The van der Waals surface area contributed by atoms with Gasteiger partial charge in [-0.25, -0.2) is 0 Å². The summed E-state index contributed by atoms with van der Waals surface area (Å²) in [5.74, 6) is -0.0320. The molecular formula is C67H127NO5. The van der Waals surface area contributed by atoms with Gasteiger partial charge >= 0.3 is 5.97 Å². The molecule has 0 aromatic heterocycles. The Morgan fingerprint density at radius 1 is 0.384 bits per heavy atom. The van der Waals surface area contributed by atoms with Crippen LogP contribution >= 0.6 is 0 Å². The van der Waals surface area contributed by atoms with Crippen molar-refractivity contribution >= 4 is 11.9 Å². The van der Waals surface area contributed by atoms with Crippen LogP contribution in [0.15, 0.2) is 36.5 Å². The Morgan fingerprint density at radius 3 is 1.08 bits per heavy atom. The van der Waals surface area contributed by atoms with Gasteiger partial charge in [0.2, 0.25) is 5.91 Å². The van der Waals surface area contributed by atoms with Crippen molar-refractivity contribution in [3.8, 4) is 0 Å². The van der Waals surface area contributed by atoms with Crippen LogP contribution in [-0.2, 0) is 14.3 Å². The van der Waals surface area contributed by atoms with Gasteiger partial charge in [0.05, 0.1) is 25.4 Å². The highest BCUT2D eigenvalue weighted by atomic mass is 16.5. The minimum absolute atomic E-state index is 0.00800. The van der Waals surface area contributed by atoms with Crippen LogP contribution in [0.4, 0.5) is 0 Å². The van der Waals surface area contributed by atoms with Crippen LogP contribution in [0.25, 0.3) is 0 Å². The molecule has 6 nitrogen and oxygen atoms in total. The molecule has 0 fully saturated rings. The van der Waals surface area contributed by atoms with E-state index in [0.717, 1.165) is 51.4 Å². The zero-order valence-electron chi connectivity index (χ0n) is 49.1. The molecular weight excluding hydrogens is 899 g/mol. The average Bonchev–Trinajstić information content (AvgIpc) is 3.39. The standard InChI is InChI=1S/C67H127NO5/c1-3-5-7-9-11-13-15-17-19-20-26-30-33-37-41-45-49-53-57-61-67(72)73-62-58-54-50-46-42-38-34-31-28-25-23-21-22-24-27-29-32-36-40-44-48-52-56-60-66(71)68-64(63-69)65(70)59-55-51-47-43-39-35-18-16-14-12-10-8-6-4-2/h11,13,17,19,24,27,64-65,69-70H,3-10,12,14-16,18,20-23,25-26,28-63H2,1-2H3,(H,68,71)/b13-11-,19-17-,27-24-. The Kier molecular flexibility index (Phi) is 61.0. The van der Waals surface area contributed by atoms with Gasteiger partial charge in [-0.2, -0.15) is 0 Å². The first-order valence-electron chi connectivity index (χ1n) is 32.7. The molecule has 6 heteroatoms. The van der Waals surface area contributed by atoms with Crippen molar-refractivity contribution in [2.24, 2.45) is 0 Å². The maximum absolute atomic E-state index is 12.5. The third-order valence-electron chi connectivity index (χ3n) is 15.2. The molecule has 0 radical (unpaired) electrons. The SMILES string of the molecule is CCCCC/C=C\C/C=C\CCCCCCCCCCCC(=O)OCCCCCCCCCCCCCC/C=C\CCCCCCCCCC(=O)NC(CO)C(O)CCCCCCCCCCCCCCCC. The van der Waals surface area contributed by atoms with Crippen molar-refractivity contribution in [3.63, 3.8) is 0 Å². The van der Waals surface area contributed by atoms with Gasteiger partial charge < -0.3 is 20.3 Å². The highest BCUT2D eigenvalue weighted by Crippen LogP contribution is 2.18. The highest BCUT2D eigenvalue weighted by molar-refractivity contribution is 5.76. The summed E-state index contributed by atoms with van der Waals surface area (Å²) in [6.07, 6.45) is 78.8. The van der Waals surface area contributed by atoms with Crippen LogP contribution in [-0.4, -0.2) is 47.4 Å². The predicted molar refractivity (Wildman–Crippen MR) is 319 cm³/mol. The monoisotopic (exact) mass is 1030 g/mol. The number of rotatable bonds is 61. The molecule has 0 rings (SSSR count). The van der Waals surface area contributed by atoms with E-state index in [2.05, 4.69) is 55.6 Å². The Bertz CT molecular complexity index is 1180. The summed E-state index contributed by atoms with van der Waals surface area (Å²) in [5.41, 5.74) is 0. The van der Waals surface area contributed by atoms with Crippen LogP contribution in [0.1, 0.15) is 354 Å². The summed E-state index contributed by atoms with van der Waals surface area (Å²) in [7, 11) is 0. The zero-order valence-corrected chi connectivity index (χ0v) is 49.1. The third-order valence-corrected chi connectivity index (χ3v) is 15.2. The van der Waals surface area contributed by atoms with Crippen molar-refractivity contribution in [2.45, 2.75) is 366 Å². The minimum Gasteiger partial charge on any atom is -0.466 e. The topological polar surface area (TPSA) is 95.9 Å². The van der Waals surface area contributed by atoms with Gasteiger partial charge in [-0.3, -0.25) is 9.59 Å². The smallest absolute Gasteiger partial charge is 0.305 e. The number of amides is 1. The third kappa shape index (κ3) is 59.2. The second kappa shape index (κ2) is 62.6. The Hall–Kier alpha value is -1.92. The number of unbranched alkanes of at least 4 members (excludes halogenated alkanes) is 44. The molecule has 0 bridgehead atoms. The number of hydrogen-bond acceptors (Lipinski definition) is 5. The zero-order chi connectivity index (χ0) is 52.9. The van der Waals surface area contributed by atoms with E-state index in [1.54, 1.807) is 0 Å². The molecule has 0 spiro atoms. The minimum atomic E-state index is -0.668. The van der Waals surface area contributed by atoms with E-state index in [4.69, 9.17) is 4.74 Å². The van der Waals surface area contributed by atoms with Gasteiger partial charge in [0.1, 0.15) is 0 Å². The summed E-state index contributed by atoms with van der Waals surface area (Å²) in [5, 5.41) is 23.3. The first-order chi connectivity index (χ1) is 36.0. The first kappa shape index (κ1) is 71.1. The number of allylic oxidation sites excluding steroid dienone is 6. The van der Waals surface area contributed by atoms with Crippen molar-refractivity contribution < 1.29 is 24.5 Å². The summed E-state index contributed by atoms with van der Waals surface area (Å²) in [6, 6.07) is -0.546. The molecule has 3 N–H and O–H groups in total. The fraction of sp³-hybridized carbons (Fsp3) is 0.881. The van der Waals surface area contributed by atoms with Crippen molar-refractivity contribution in [1.29, 1.82) is 0 Å². The van der Waals surface area contributed by atoms with Crippen LogP contribution in [0.5, 0.6) is 0 Å². The molecule has 2 atom stereocenters. The lowest BCUT2D eigenvalue weighted by atomic mass is 10.0. The first-order valence-corrected chi connectivity index (χ1v) is 32.7. The molecule has 1 amide bonds. The second-order valence-electron chi connectivity index (χ2n) is 22.4. The Balaban J connectivity index is 3.39. The van der Waals surface area contributed by atoms with E-state index in [1.165, 1.54) is 270 Å². The number of carbonyl (C=O) groups is 2. The number of hydrogen-bond donors (Lipinski definition) is 3. The predicted octanol–water partition coefficient (Wildman–Crippen LogP) is 20.8. The number of nitrogens with one attached hydrogen (secondary N) is 1. The molecule has 430 valence electrons. The molecule has 0 saturated carbocycles. The second-order valence-corrected chi connectivity index (χ2v) is 22.4. The van der Waals surface area contributed by atoms with Crippen molar-refractivity contribution in [3.05, 3.63) is 36.5 Å². The lowest BCUT2D eigenvalue weighted by Crippen LogP contribution is -2.45. The van der Waals surface area contributed by atoms with Gasteiger partial charge in [0.15, 0.2) is 0 Å². The highest BCUT2D eigenvalue weighted by Gasteiger charge is 2.20. The number of carbonyl (C=O) groups excluding carboxylic acids is 2.